The van der Waals surface area contributed by atoms with Crippen LogP contribution < -0.4 is 0 Å². The highest BCUT2D eigenvalue weighted by atomic mass is 16.2. The zero-order valence-corrected chi connectivity index (χ0v) is 24.2. The van der Waals surface area contributed by atoms with Crippen molar-refractivity contribution in [1.82, 2.24) is 24.4 Å². The highest BCUT2D eigenvalue weighted by molar-refractivity contribution is 6.09. The van der Waals surface area contributed by atoms with E-state index in [9.17, 15) is 9.59 Å². The van der Waals surface area contributed by atoms with Crippen LogP contribution in [-0.2, 0) is 6.42 Å². The number of rotatable bonds is 13. The normalized spacial score (nSPS) is 14.4. The lowest BCUT2D eigenvalue weighted by Crippen LogP contribution is -2.34. The van der Waals surface area contributed by atoms with Gasteiger partial charge in [-0.15, -0.1) is 0 Å². The van der Waals surface area contributed by atoms with Gasteiger partial charge < -0.3 is 9.80 Å². The van der Waals surface area contributed by atoms with Crippen molar-refractivity contribution < 1.29 is 9.59 Å². The predicted octanol–water partition coefficient (Wildman–Crippen LogP) is 5.91. The Bertz CT molecular complexity index is 1220. The number of hydrogen-bond acceptors (Lipinski definition) is 5. The monoisotopic (exact) mass is 531 g/mol. The van der Waals surface area contributed by atoms with E-state index < -0.39 is 0 Å². The smallest absolute Gasteiger partial charge is 0.253 e. The molecule has 4 heterocycles. The Morgan fingerprint density at radius 2 is 1.69 bits per heavy atom. The van der Waals surface area contributed by atoms with Crippen molar-refractivity contribution in [1.29, 1.82) is 0 Å². The van der Waals surface area contributed by atoms with E-state index in [0.29, 0.717) is 28.7 Å². The lowest BCUT2D eigenvalue weighted by Gasteiger charge is -2.26. The molecule has 0 bridgehead atoms. The molecule has 4 rings (SSSR count). The Hall–Kier alpha value is -3.06. The summed E-state index contributed by atoms with van der Waals surface area (Å²) in [5.41, 5.74) is 3.42. The number of ketones is 1. The van der Waals surface area contributed by atoms with Crippen LogP contribution in [0.2, 0.25) is 0 Å². The van der Waals surface area contributed by atoms with Gasteiger partial charge in [-0.05, 0) is 94.3 Å². The van der Waals surface area contributed by atoms with Crippen molar-refractivity contribution in [2.45, 2.75) is 72.6 Å². The van der Waals surface area contributed by atoms with Gasteiger partial charge >= 0.3 is 0 Å². The van der Waals surface area contributed by atoms with E-state index in [1.807, 2.05) is 23.2 Å². The third-order valence-corrected chi connectivity index (χ3v) is 7.71. The minimum atomic E-state index is -0.122. The largest absolute Gasteiger partial charge is 0.339 e. The van der Waals surface area contributed by atoms with Gasteiger partial charge in [-0.1, -0.05) is 34.1 Å². The Balaban J connectivity index is 1.64. The van der Waals surface area contributed by atoms with E-state index in [4.69, 9.17) is 5.10 Å². The molecule has 1 fully saturated rings. The van der Waals surface area contributed by atoms with E-state index in [-0.39, 0.29) is 11.7 Å². The van der Waals surface area contributed by atoms with Crippen LogP contribution in [0.4, 0.5) is 0 Å². The average Bonchev–Trinajstić information content (AvgIpc) is 3.30. The fraction of sp³-hybridized carbons (Fsp3) is 0.562. The van der Waals surface area contributed by atoms with Crippen LogP contribution in [-0.4, -0.2) is 68.8 Å². The first-order chi connectivity index (χ1) is 18.8. The van der Waals surface area contributed by atoms with Gasteiger partial charge in [-0.25, -0.2) is 4.52 Å². The maximum absolute atomic E-state index is 13.7. The summed E-state index contributed by atoms with van der Waals surface area (Å²) in [6, 6.07) is 7.35. The second-order valence-electron chi connectivity index (χ2n) is 11.8. The molecular formula is C32H45N5O2. The third-order valence-electron chi connectivity index (χ3n) is 7.71. The van der Waals surface area contributed by atoms with E-state index in [0.717, 1.165) is 69.5 Å². The lowest BCUT2D eigenvalue weighted by atomic mass is 10.0. The van der Waals surface area contributed by atoms with Gasteiger partial charge in [0.15, 0.2) is 0 Å². The molecule has 0 N–H and O–H groups in total. The summed E-state index contributed by atoms with van der Waals surface area (Å²) in [4.78, 5) is 35.9. The Labute approximate surface area is 233 Å². The molecular weight excluding hydrogens is 486 g/mol. The van der Waals surface area contributed by atoms with E-state index >= 15 is 0 Å². The number of aryl methyl sites for hydroxylation is 1. The minimum absolute atomic E-state index is 0.0550. The van der Waals surface area contributed by atoms with Crippen LogP contribution in [0.15, 0.2) is 42.9 Å². The van der Waals surface area contributed by atoms with Crippen LogP contribution in [0.1, 0.15) is 98.2 Å². The summed E-state index contributed by atoms with van der Waals surface area (Å²) < 4.78 is 1.77. The molecule has 0 unspecified atom stereocenters. The van der Waals surface area contributed by atoms with Crippen molar-refractivity contribution in [3.63, 3.8) is 0 Å². The molecule has 0 atom stereocenters. The molecule has 3 aromatic rings. The molecule has 7 nitrogen and oxygen atoms in total. The molecule has 0 radical (unpaired) electrons. The van der Waals surface area contributed by atoms with Crippen LogP contribution in [0.3, 0.4) is 0 Å². The van der Waals surface area contributed by atoms with Crippen LogP contribution in [0.5, 0.6) is 0 Å². The van der Waals surface area contributed by atoms with Gasteiger partial charge in [-0.3, -0.25) is 14.6 Å². The van der Waals surface area contributed by atoms with Gasteiger partial charge in [0, 0.05) is 48.4 Å². The number of amides is 1. The van der Waals surface area contributed by atoms with Gasteiger partial charge in [0.25, 0.3) is 5.91 Å². The molecule has 39 heavy (non-hydrogen) atoms. The molecule has 3 aromatic heterocycles. The molecule has 0 spiro atoms. The maximum atomic E-state index is 13.7. The average molecular weight is 532 g/mol. The van der Waals surface area contributed by atoms with Crippen molar-refractivity contribution in [3.8, 4) is 0 Å². The van der Waals surface area contributed by atoms with Crippen LogP contribution in [0, 0.1) is 11.8 Å². The second kappa shape index (κ2) is 13.8. The van der Waals surface area contributed by atoms with Gasteiger partial charge in [0.2, 0.25) is 5.78 Å². The lowest BCUT2D eigenvalue weighted by molar-refractivity contribution is 0.0740. The molecule has 0 aromatic carbocycles. The molecule has 1 aliphatic rings. The maximum Gasteiger partial charge on any atom is 0.253 e. The van der Waals surface area contributed by atoms with Crippen molar-refractivity contribution in [3.05, 3.63) is 65.2 Å². The highest BCUT2D eigenvalue weighted by Crippen LogP contribution is 2.23. The van der Waals surface area contributed by atoms with E-state index in [1.165, 1.54) is 19.3 Å². The summed E-state index contributed by atoms with van der Waals surface area (Å²) in [5.74, 6) is 0.996. The summed E-state index contributed by atoms with van der Waals surface area (Å²) in [7, 11) is 0. The van der Waals surface area contributed by atoms with Crippen molar-refractivity contribution in [2.24, 2.45) is 11.8 Å². The van der Waals surface area contributed by atoms with Crippen LogP contribution >= 0.6 is 0 Å². The van der Waals surface area contributed by atoms with Gasteiger partial charge in [0.05, 0.1) is 5.52 Å². The quantitative estimate of drug-likeness (QED) is 0.256. The molecule has 1 aliphatic heterocycles. The Morgan fingerprint density at radius 1 is 0.974 bits per heavy atom. The topological polar surface area (TPSA) is 70.8 Å². The first kappa shape index (κ1) is 28.9. The standard InChI is InChI=1S/C32H45N5O2/c1-24(2)12-19-36(20-13-25(3)4)32(39)26-14-21-37-29(22-26)28(11-9-18-35-16-6-5-7-17-35)30(34-37)31(38)27-10-8-15-33-23-27/h8,10,14-15,21-25H,5-7,9,11-13,16-20H2,1-4H3. The molecule has 1 amide bonds. The van der Waals surface area contributed by atoms with Gasteiger partial charge in [-0.2, -0.15) is 5.10 Å². The second-order valence-corrected chi connectivity index (χ2v) is 11.8. The van der Waals surface area contributed by atoms with Crippen molar-refractivity contribution in [2.75, 3.05) is 32.7 Å². The Kier molecular flexibility index (Phi) is 10.3. The third kappa shape index (κ3) is 7.75. The zero-order valence-electron chi connectivity index (χ0n) is 24.2. The summed E-state index contributed by atoms with van der Waals surface area (Å²) >= 11 is 0. The fourth-order valence-corrected chi connectivity index (χ4v) is 5.28. The molecule has 0 saturated carbocycles. The highest BCUT2D eigenvalue weighted by Gasteiger charge is 2.23. The zero-order chi connectivity index (χ0) is 27.8. The number of nitrogens with zero attached hydrogens (tertiary/aromatic N) is 5. The number of fused-ring (bicyclic) bond motifs is 1. The molecule has 1 saturated heterocycles. The summed E-state index contributed by atoms with van der Waals surface area (Å²) in [5, 5.41) is 4.72. The molecule has 210 valence electrons. The molecule has 7 heteroatoms. The SMILES string of the molecule is CC(C)CCN(CCC(C)C)C(=O)c1ccn2nc(C(=O)c3cccnc3)c(CCCN3CCCCC3)c2c1. The number of hydrogen-bond donors (Lipinski definition) is 0. The van der Waals surface area contributed by atoms with E-state index in [1.54, 1.807) is 29.0 Å². The first-order valence-electron chi connectivity index (χ1n) is 14.8. The fourth-order valence-electron chi connectivity index (χ4n) is 5.28. The van der Waals surface area contributed by atoms with Crippen molar-refractivity contribution >= 4 is 17.2 Å². The number of pyridine rings is 2. The number of piperidine rings is 1. The van der Waals surface area contributed by atoms with Crippen LogP contribution in [0.25, 0.3) is 5.52 Å². The number of likely N-dealkylation sites (tertiary alicyclic amines) is 1. The first-order valence-corrected chi connectivity index (χ1v) is 14.8. The minimum Gasteiger partial charge on any atom is -0.339 e. The number of aromatic nitrogens is 3. The number of carbonyl (C=O) groups is 2. The van der Waals surface area contributed by atoms with E-state index in [2.05, 4.69) is 37.6 Å². The number of carbonyl (C=O) groups excluding carboxylic acids is 2. The van der Waals surface area contributed by atoms with Gasteiger partial charge in [0.1, 0.15) is 5.69 Å². The Morgan fingerprint density at radius 3 is 2.33 bits per heavy atom. The summed E-state index contributed by atoms with van der Waals surface area (Å²) in [6.45, 7) is 13.6. The molecule has 0 aliphatic carbocycles. The summed E-state index contributed by atoms with van der Waals surface area (Å²) in [6.07, 6.45) is 12.6. The predicted molar refractivity (Wildman–Crippen MR) is 156 cm³/mol.